The maximum absolute atomic E-state index is 12.4. The number of carboxylic acid groups (broad SMARTS) is 1. The molecule has 0 spiro atoms. The standard InChI is InChI=1S/C18H18BrNO4/c1-13(15-8-5-9-16(19)10-15)20(11-17(21)22)18(23)24-12-14-6-3-2-4-7-14/h2-10,13H,11-12H2,1H3,(H,21,22). The number of carbonyl (C=O) groups excluding carboxylic acids is 1. The molecule has 0 aromatic heterocycles. The lowest BCUT2D eigenvalue weighted by atomic mass is 10.1. The molecule has 0 bridgehead atoms. The van der Waals surface area contributed by atoms with Crippen LogP contribution in [0.4, 0.5) is 4.79 Å². The van der Waals surface area contributed by atoms with Crippen LogP contribution in [0.5, 0.6) is 0 Å². The molecule has 1 amide bonds. The number of benzene rings is 2. The maximum Gasteiger partial charge on any atom is 0.411 e. The molecule has 0 saturated carbocycles. The fourth-order valence-corrected chi connectivity index (χ4v) is 2.67. The van der Waals surface area contributed by atoms with Crippen LogP contribution in [-0.2, 0) is 16.1 Å². The van der Waals surface area contributed by atoms with Crippen LogP contribution >= 0.6 is 15.9 Å². The first-order valence-electron chi connectivity index (χ1n) is 7.42. The topological polar surface area (TPSA) is 66.8 Å². The van der Waals surface area contributed by atoms with E-state index in [1.54, 1.807) is 6.92 Å². The molecule has 0 heterocycles. The molecule has 1 unspecified atom stereocenters. The molecule has 0 aliphatic rings. The van der Waals surface area contributed by atoms with Gasteiger partial charge in [0.2, 0.25) is 0 Å². The summed E-state index contributed by atoms with van der Waals surface area (Å²) in [5.41, 5.74) is 1.67. The Labute approximate surface area is 149 Å². The quantitative estimate of drug-likeness (QED) is 0.799. The molecule has 126 valence electrons. The molecule has 2 aromatic carbocycles. The number of ether oxygens (including phenoxy) is 1. The Morgan fingerprint density at radius 1 is 1.17 bits per heavy atom. The first-order valence-corrected chi connectivity index (χ1v) is 8.21. The van der Waals surface area contributed by atoms with Crippen LogP contribution in [0.3, 0.4) is 0 Å². The Kier molecular flexibility index (Phi) is 6.37. The second-order valence-corrected chi connectivity index (χ2v) is 6.21. The molecular formula is C18H18BrNO4. The van der Waals surface area contributed by atoms with Crippen LogP contribution in [0.1, 0.15) is 24.1 Å². The lowest BCUT2D eigenvalue weighted by molar-refractivity contribution is -0.138. The summed E-state index contributed by atoms with van der Waals surface area (Å²) in [6.07, 6.45) is -0.659. The lowest BCUT2D eigenvalue weighted by Gasteiger charge is -2.27. The minimum Gasteiger partial charge on any atom is -0.480 e. The van der Waals surface area contributed by atoms with Gasteiger partial charge in [-0.2, -0.15) is 0 Å². The van der Waals surface area contributed by atoms with Gasteiger partial charge in [-0.1, -0.05) is 58.4 Å². The summed E-state index contributed by atoms with van der Waals surface area (Å²) in [5.74, 6) is -1.09. The third-order valence-corrected chi connectivity index (χ3v) is 4.04. The van der Waals surface area contributed by atoms with Crippen molar-refractivity contribution in [2.45, 2.75) is 19.6 Å². The van der Waals surface area contributed by atoms with E-state index in [9.17, 15) is 9.59 Å². The summed E-state index contributed by atoms with van der Waals surface area (Å²) >= 11 is 3.38. The number of rotatable bonds is 6. The molecule has 0 radical (unpaired) electrons. The van der Waals surface area contributed by atoms with Gasteiger partial charge >= 0.3 is 12.1 Å². The van der Waals surface area contributed by atoms with E-state index in [-0.39, 0.29) is 6.61 Å². The smallest absolute Gasteiger partial charge is 0.411 e. The summed E-state index contributed by atoms with van der Waals surface area (Å²) < 4.78 is 6.14. The van der Waals surface area contributed by atoms with E-state index < -0.39 is 24.6 Å². The Morgan fingerprint density at radius 2 is 1.88 bits per heavy atom. The van der Waals surface area contributed by atoms with Crippen LogP contribution in [0.25, 0.3) is 0 Å². The molecule has 2 aromatic rings. The van der Waals surface area contributed by atoms with Crippen molar-refractivity contribution in [2.24, 2.45) is 0 Å². The van der Waals surface area contributed by atoms with Crippen LogP contribution < -0.4 is 0 Å². The normalized spacial score (nSPS) is 11.6. The Hall–Kier alpha value is -2.34. The van der Waals surface area contributed by atoms with Crippen LogP contribution in [-0.4, -0.2) is 28.6 Å². The first kappa shape index (κ1) is 18.0. The van der Waals surface area contributed by atoms with E-state index in [2.05, 4.69) is 15.9 Å². The second kappa shape index (κ2) is 8.49. The summed E-state index contributed by atoms with van der Waals surface area (Å²) in [7, 11) is 0. The monoisotopic (exact) mass is 391 g/mol. The number of amides is 1. The number of aliphatic carboxylic acids is 1. The first-order chi connectivity index (χ1) is 11.5. The summed E-state index contributed by atoms with van der Waals surface area (Å²) in [6.45, 7) is 1.44. The third kappa shape index (κ3) is 5.09. The molecule has 0 aliphatic heterocycles. The molecule has 24 heavy (non-hydrogen) atoms. The molecule has 6 heteroatoms. The fraction of sp³-hybridized carbons (Fsp3) is 0.222. The predicted octanol–water partition coefficient (Wildman–Crippen LogP) is 4.23. The predicted molar refractivity (Wildman–Crippen MR) is 93.5 cm³/mol. The molecule has 0 fully saturated rings. The van der Waals surface area contributed by atoms with Crippen molar-refractivity contribution in [3.63, 3.8) is 0 Å². The van der Waals surface area contributed by atoms with E-state index in [0.717, 1.165) is 15.6 Å². The summed E-state index contributed by atoms with van der Waals surface area (Å²) in [5, 5.41) is 9.11. The van der Waals surface area contributed by atoms with Crippen molar-refractivity contribution in [2.75, 3.05) is 6.54 Å². The fourth-order valence-electron chi connectivity index (χ4n) is 2.25. The zero-order valence-electron chi connectivity index (χ0n) is 13.2. The van der Waals surface area contributed by atoms with E-state index in [1.807, 2.05) is 54.6 Å². The van der Waals surface area contributed by atoms with Crippen molar-refractivity contribution in [3.05, 3.63) is 70.2 Å². The minimum atomic E-state index is -1.09. The highest BCUT2D eigenvalue weighted by Gasteiger charge is 2.25. The van der Waals surface area contributed by atoms with E-state index in [1.165, 1.54) is 4.90 Å². The Bertz CT molecular complexity index is 705. The van der Waals surface area contributed by atoms with Crippen molar-refractivity contribution in [1.82, 2.24) is 4.90 Å². The van der Waals surface area contributed by atoms with Crippen molar-refractivity contribution < 1.29 is 19.4 Å². The molecular weight excluding hydrogens is 374 g/mol. The third-order valence-electron chi connectivity index (χ3n) is 3.54. The molecule has 5 nitrogen and oxygen atoms in total. The van der Waals surface area contributed by atoms with Gasteiger partial charge in [0.25, 0.3) is 0 Å². The second-order valence-electron chi connectivity index (χ2n) is 5.29. The van der Waals surface area contributed by atoms with Gasteiger partial charge in [0.15, 0.2) is 0 Å². The van der Waals surface area contributed by atoms with Gasteiger partial charge in [-0.3, -0.25) is 9.69 Å². The van der Waals surface area contributed by atoms with Crippen LogP contribution in [0, 0.1) is 0 Å². The zero-order valence-corrected chi connectivity index (χ0v) is 14.8. The van der Waals surface area contributed by atoms with Gasteiger partial charge in [-0.05, 0) is 30.2 Å². The Morgan fingerprint density at radius 3 is 2.50 bits per heavy atom. The molecule has 0 aliphatic carbocycles. The van der Waals surface area contributed by atoms with Gasteiger partial charge < -0.3 is 9.84 Å². The van der Waals surface area contributed by atoms with Crippen molar-refractivity contribution in [3.8, 4) is 0 Å². The average Bonchev–Trinajstić information content (AvgIpc) is 2.57. The van der Waals surface area contributed by atoms with Gasteiger partial charge in [0.05, 0.1) is 6.04 Å². The molecule has 1 atom stereocenters. The largest absolute Gasteiger partial charge is 0.480 e. The van der Waals surface area contributed by atoms with E-state index in [4.69, 9.17) is 9.84 Å². The molecule has 0 saturated heterocycles. The van der Waals surface area contributed by atoms with Crippen molar-refractivity contribution in [1.29, 1.82) is 0 Å². The number of halogens is 1. The highest BCUT2D eigenvalue weighted by molar-refractivity contribution is 9.10. The number of nitrogens with zero attached hydrogens (tertiary/aromatic N) is 1. The number of carbonyl (C=O) groups is 2. The Balaban J connectivity index is 2.11. The number of carboxylic acids is 1. The number of hydrogen-bond donors (Lipinski definition) is 1. The van der Waals surface area contributed by atoms with Gasteiger partial charge in [-0.15, -0.1) is 0 Å². The van der Waals surface area contributed by atoms with Gasteiger partial charge in [0.1, 0.15) is 13.2 Å². The summed E-state index contributed by atoms with van der Waals surface area (Å²) in [6, 6.07) is 16.2. The maximum atomic E-state index is 12.4. The van der Waals surface area contributed by atoms with E-state index in [0.29, 0.717) is 0 Å². The lowest BCUT2D eigenvalue weighted by Crippen LogP contribution is -2.38. The van der Waals surface area contributed by atoms with Gasteiger partial charge in [-0.25, -0.2) is 4.79 Å². The average molecular weight is 392 g/mol. The molecule has 1 N–H and O–H groups in total. The highest BCUT2D eigenvalue weighted by Crippen LogP contribution is 2.24. The van der Waals surface area contributed by atoms with Crippen molar-refractivity contribution >= 4 is 28.0 Å². The number of hydrogen-bond acceptors (Lipinski definition) is 3. The minimum absolute atomic E-state index is 0.0982. The summed E-state index contributed by atoms with van der Waals surface area (Å²) in [4.78, 5) is 24.7. The van der Waals surface area contributed by atoms with Crippen LogP contribution in [0.15, 0.2) is 59.1 Å². The highest BCUT2D eigenvalue weighted by atomic mass is 79.9. The van der Waals surface area contributed by atoms with Gasteiger partial charge in [0, 0.05) is 4.47 Å². The van der Waals surface area contributed by atoms with E-state index >= 15 is 0 Å². The zero-order chi connectivity index (χ0) is 17.5. The van der Waals surface area contributed by atoms with Crippen LogP contribution in [0.2, 0.25) is 0 Å². The molecule has 2 rings (SSSR count). The SMILES string of the molecule is CC(c1cccc(Br)c1)N(CC(=O)O)C(=O)OCc1ccccc1.